The van der Waals surface area contributed by atoms with Crippen LogP contribution in [-0.2, 0) is 17.9 Å². The summed E-state index contributed by atoms with van der Waals surface area (Å²) >= 11 is 1.62. The highest BCUT2D eigenvalue weighted by Gasteiger charge is 2.10. The van der Waals surface area contributed by atoms with Crippen molar-refractivity contribution in [2.45, 2.75) is 26.9 Å². The molecule has 2 heterocycles. The topological polar surface area (TPSA) is 82.8 Å². The second kappa shape index (κ2) is 9.07. The highest BCUT2D eigenvalue weighted by Crippen LogP contribution is 2.09. The Morgan fingerprint density at radius 2 is 2.29 bits per heavy atom. The number of nitrogens with zero attached hydrogens (tertiary/aromatic N) is 3. The van der Waals surface area contributed by atoms with Gasteiger partial charge in [-0.15, -0.1) is 11.3 Å². The van der Waals surface area contributed by atoms with Crippen molar-refractivity contribution >= 4 is 23.2 Å². The predicted molar refractivity (Wildman–Crippen MR) is 94.9 cm³/mol. The number of aryl methyl sites for hydroxylation is 1. The number of amides is 1. The maximum absolute atomic E-state index is 11.9. The van der Waals surface area contributed by atoms with Crippen molar-refractivity contribution in [3.05, 3.63) is 40.2 Å². The van der Waals surface area contributed by atoms with Crippen LogP contribution in [0.3, 0.4) is 0 Å². The van der Waals surface area contributed by atoms with Crippen molar-refractivity contribution in [2.24, 2.45) is 4.99 Å². The van der Waals surface area contributed by atoms with Crippen molar-refractivity contribution < 1.29 is 9.21 Å². The van der Waals surface area contributed by atoms with E-state index in [1.165, 1.54) is 0 Å². The minimum absolute atomic E-state index is 0.0590. The Morgan fingerprint density at radius 1 is 1.46 bits per heavy atom. The van der Waals surface area contributed by atoms with E-state index < -0.39 is 0 Å². The zero-order valence-corrected chi connectivity index (χ0v) is 15.0. The first-order valence-electron chi connectivity index (χ1n) is 7.78. The van der Waals surface area contributed by atoms with Crippen molar-refractivity contribution in [3.63, 3.8) is 0 Å². The van der Waals surface area contributed by atoms with Gasteiger partial charge in [-0.05, 0) is 26.0 Å². The van der Waals surface area contributed by atoms with Crippen LogP contribution in [0.25, 0.3) is 0 Å². The first-order valence-corrected chi connectivity index (χ1v) is 8.66. The number of nitrogens with one attached hydrogen (secondary N) is 2. The molecule has 0 spiro atoms. The molecule has 8 heteroatoms. The lowest BCUT2D eigenvalue weighted by Gasteiger charge is -2.21. The van der Waals surface area contributed by atoms with Gasteiger partial charge in [0.05, 0.1) is 30.1 Å². The van der Waals surface area contributed by atoms with Crippen LogP contribution < -0.4 is 10.6 Å². The Labute approximate surface area is 145 Å². The summed E-state index contributed by atoms with van der Waals surface area (Å²) in [6.07, 6.45) is 1.58. The maximum atomic E-state index is 11.9. The SMILES string of the molecule is CCNC(=NCC(=O)NCc1ccco1)N(C)Cc1csc(C)n1. The molecular weight excluding hydrogens is 326 g/mol. The number of rotatable bonds is 7. The molecule has 130 valence electrons. The molecule has 7 nitrogen and oxygen atoms in total. The van der Waals surface area contributed by atoms with Gasteiger partial charge in [0, 0.05) is 19.0 Å². The fourth-order valence-corrected chi connectivity index (χ4v) is 2.67. The second-order valence-corrected chi connectivity index (χ2v) is 6.30. The van der Waals surface area contributed by atoms with Gasteiger partial charge < -0.3 is 20.0 Å². The minimum Gasteiger partial charge on any atom is -0.467 e. The first kappa shape index (κ1) is 18.0. The van der Waals surface area contributed by atoms with Gasteiger partial charge in [0.2, 0.25) is 5.91 Å². The van der Waals surface area contributed by atoms with Crippen LogP contribution in [0.4, 0.5) is 0 Å². The molecule has 0 bridgehead atoms. The molecule has 0 aliphatic rings. The van der Waals surface area contributed by atoms with E-state index in [2.05, 4.69) is 20.6 Å². The Kier molecular flexibility index (Phi) is 6.80. The van der Waals surface area contributed by atoms with Gasteiger partial charge in [-0.3, -0.25) is 4.79 Å². The normalized spacial score (nSPS) is 11.4. The highest BCUT2D eigenvalue weighted by molar-refractivity contribution is 7.09. The van der Waals surface area contributed by atoms with E-state index in [-0.39, 0.29) is 12.5 Å². The molecule has 24 heavy (non-hydrogen) atoms. The van der Waals surface area contributed by atoms with Crippen LogP contribution in [0.5, 0.6) is 0 Å². The molecule has 0 unspecified atom stereocenters. The molecule has 0 fully saturated rings. The lowest BCUT2D eigenvalue weighted by molar-refractivity contribution is -0.119. The first-order chi connectivity index (χ1) is 11.6. The molecule has 0 aromatic carbocycles. The summed E-state index contributed by atoms with van der Waals surface area (Å²) in [5.74, 6) is 1.24. The third-order valence-electron chi connectivity index (χ3n) is 3.17. The Hall–Kier alpha value is -2.35. The number of thiazole rings is 1. The number of aromatic nitrogens is 1. The minimum atomic E-state index is -0.153. The quantitative estimate of drug-likeness (QED) is 0.588. The molecule has 0 aliphatic heterocycles. The molecule has 0 saturated heterocycles. The second-order valence-electron chi connectivity index (χ2n) is 5.24. The van der Waals surface area contributed by atoms with Gasteiger partial charge in [0.15, 0.2) is 5.96 Å². The van der Waals surface area contributed by atoms with Crippen LogP contribution in [-0.4, -0.2) is 41.9 Å². The fraction of sp³-hybridized carbons (Fsp3) is 0.438. The van der Waals surface area contributed by atoms with Crippen LogP contribution in [0, 0.1) is 6.92 Å². The molecule has 2 N–H and O–H groups in total. The number of carbonyl (C=O) groups is 1. The molecular formula is C16H23N5O2S. The van der Waals surface area contributed by atoms with E-state index in [4.69, 9.17) is 4.42 Å². The van der Waals surface area contributed by atoms with Crippen molar-refractivity contribution in [1.82, 2.24) is 20.5 Å². The number of guanidine groups is 1. The maximum Gasteiger partial charge on any atom is 0.242 e. The number of hydrogen-bond acceptors (Lipinski definition) is 5. The molecule has 0 aliphatic carbocycles. The van der Waals surface area contributed by atoms with E-state index in [0.29, 0.717) is 19.0 Å². The summed E-state index contributed by atoms with van der Waals surface area (Å²) in [6.45, 7) is 5.77. The van der Waals surface area contributed by atoms with Crippen molar-refractivity contribution in [3.8, 4) is 0 Å². The Bertz CT molecular complexity index is 666. The monoisotopic (exact) mass is 349 g/mol. The number of carbonyl (C=O) groups excluding carboxylic acids is 1. The summed E-state index contributed by atoms with van der Waals surface area (Å²) in [6, 6.07) is 3.61. The molecule has 2 aromatic heterocycles. The molecule has 0 radical (unpaired) electrons. The number of aliphatic imine (C=N–C) groups is 1. The average molecular weight is 349 g/mol. The summed E-state index contributed by atoms with van der Waals surface area (Å²) in [5, 5.41) is 9.04. The third-order valence-corrected chi connectivity index (χ3v) is 4.00. The largest absolute Gasteiger partial charge is 0.467 e. The Balaban J connectivity index is 1.87. The van der Waals surface area contributed by atoms with Crippen LogP contribution in [0.15, 0.2) is 33.2 Å². The Morgan fingerprint density at radius 3 is 2.92 bits per heavy atom. The average Bonchev–Trinajstić information content (AvgIpc) is 3.21. The van der Waals surface area contributed by atoms with Crippen molar-refractivity contribution in [2.75, 3.05) is 20.1 Å². The predicted octanol–water partition coefficient (Wildman–Crippen LogP) is 1.76. The fourth-order valence-electron chi connectivity index (χ4n) is 2.07. The van der Waals surface area contributed by atoms with Gasteiger partial charge in [-0.25, -0.2) is 9.98 Å². The van der Waals surface area contributed by atoms with Crippen molar-refractivity contribution in [1.29, 1.82) is 0 Å². The highest BCUT2D eigenvalue weighted by atomic mass is 32.1. The third kappa shape index (κ3) is 5.69. The smallest absolute Gasteiger partial charge is 0.242 e. The molecule has 0 saturated carbocycles. The van der Waals surface area contributed by atoms with Crippen LogP contribution in [0.2, 0.25) is 0 Å². The summed E-state index contributed by atoms with van der Waals surface area (Å²) in [7, 11) is 1.93. The molecule has 2 aromatic rings. The van der Waals surface area contributed by atoms with E-state index in [0.717, 1.165) is 23.0 Å². The summed E-state index contributed by atoms with van der Waals surface area (Å²) in [5.41, 5.74) is 0.993. The van der Waals surface area contributed by atoms with E-state index >= 15 is 0 Å². The molecule has 2 rings (SSSR count). The standard InChI is InChI=1S/C16H23N5O2S/c1-4-17-16(21(3)10-13-11-24-12(2)20-13)19-9-15(22)18-8-14-6-5-7-23-14/h5-7,11H,4,8-10H2,1-3H3,(H,17,19)(H,18,22). The van der Waals surface area contributed by atoms with Gasteiger partial charge >= 0.3 is 0 Å². The van der Waals surface area contributed by atoms with Gasteiger partial charge in [-0.1, -0.05) is 0 Å². The van der Waals surface area contributed by atoms with Gasteiger partial charge in [0.1, 0.15) is 12.3 Å². The zero-order valence-electron chi connectivity index (χ0n) is 14.2. The lowest BCUT2D eigenvalue weighted by atomic mass is 10.4. The lowest BCUT2D eigenvalue weighted by Crippen LogP contribution is -2.39. The molecule has 1 amide bonds. The number of furan rings is 1. The van der Waals surface area contributed by atoms with Gasteiger partial charge in [0.25, 0.3) is 0 Å². The van der Waals surface area contributed by atoms with E-state index in [1.807, 2.05) is 37.2 Å². The molecule has 0 atom stereocenters. The van der Waals surface area contributed by atoms with Crippen LogP contribution >= 0.6 is 11.3 Å². The van der Waals surface area contributed by atoms with E-state index in [1.54, 1.807) is 23.7 Å². The zero-order chi connectivity index (χ0) is 17.4. The van der Waals surface area contributed by atoms with Crippen LogP contribution in [0.1, 0.15) is 23.4 Å². The van der Waals surface area contributed by atoms with Gasteiger partial charge in [-0.2, -0.15) is 0 Å². The summed E-state index contributed by atoms with van der Waals surface area (Å²) < 4.78 is 5.18. The van der Waals surface area contributed by atoms with E-state index in [9.17, 15) is 4.79 Å². The summed E-state index contributed by atoms with van der Waals surface area (Å²) in [4.78, 5) is 22.7. The number of hydrogen-bond donors (Lipinski definition) is 2.